The van der Waals surface area contributed by atoms with Gasteiger partial charge in [-0.1, -0.05) is 30.3 Å². The molecule has 164 valence electrons. The summed E-state index contributed by atoms with van der Waals surface area (Å²) in [5.74, 6) is 0.647. The zero-order valence-electron chi connectivity index (χ0n) is 17.8. The van der Waals surface area contributed by atoms with Crippen molar-refractivity contribution >= 4 is 22.6 Å². The van der Waals surface area contributed by atoms with E-state index in [9.17, 15) is 9.18 Å². The molecule has 32 heavy (non-hydrogen) atoms. The number of methoxy groups -OCH3 is 2. The third kappa shape index (κ3) is 4.51. The summed E-state index contributed by atoms with van der Waals surface area (Å²) in [5, 5.41) is 6.80. The molecule has 0 aliphatic rings. The van der Waals surface area contributed by atoms with Crippen LogP contribution in [0.2, 0.25) is 0 Å². The summed E-state index contributed by atoms with van der Waals surface area (Å²) < 4.78 is 24.1. The number of benzene rings is 3. The number of urea groups is 1. The molecule has 1 atom stereocenters. The maximum atomic E-state index is 13.5. The fourth-order valence-electron chi connectivity index (χ4n) is 3.75. The zero-order valence-corrected chi connectivity index (χ0v) is 17.8. The van der Waals surface area contributed by atoms with Crippen LogP contribution in [0.3, 0.4) is 0 Å². The van der Waals surface area contributed by atoms with Gasteiger partial charge in [0, 0.05) is 35.6 Å². The Balaban J connectivity index is 1.56. The lowest BCUT2D eigenvalue weighted by atomic mass is 9.91. The lowest BCUT2D eigenvalue weighted by molar-refractivity contribution is 0.251. The van der Waals surface area contributed by atoms with Crippen molar-refractivity contribution in [2.75, 3.05) is 26.1 Å². The molecule has 0 saturated carbocycles. The Morgan fingerprint density at radius 2 is 1.81 bits per heavy atom. The molecule has 0 aliphatic heterocycles. The average molecular weight is 433 g/mol. The number of H-pyrrole nitrogens is 1. The minimum atomic E-state index is -0.375. The number of hydrogen-bond acceptors (Lipinski definition) is 3. The third-order valence-electron chi connectivity index (χ3n) is 5.39. The van der Waals surface area contributed by atoms with Crippen LogP contribution in [0.1, 0.15) is 17.0 Å². The fraction of sp³-hybridized carbons (Fsp3) is 0.160. The molecular formula is C25H24FN3O3. The molecule has 0 radical (unpaired) electrons. The lowest BCUT2D eigenvalue weighted by Crippen LogP contribution is -2.32. The number of carbonyl (C=O) groups is 1. The van der Waals surface area contributed by atoms with Crippen LogP contribution in [0.4, 0.5) is 14.9 Å². The molecule has 0 bridgehead atoms. The zero-order chi connectivity index (χ0) is 22.5. The number of hydrogen-bond donors (Lipinski definition) is 3. The fourth-order valence-corrected chi connectivity index (χ4v) is 3.75. The number of ether oxygens (including phenoxy) is 2. The molecule has 6 nitrogen and oxygen atoms in total. The summed E-state index contributed by atoms with van der Waals surface area (Å²) >= 11 is 0. The standard InChI is InChI=1S/C25H24FN3O3/c1-31-18-11-12-23(24(13-18)32-2)29-25(30)28-14-20(16-7-9-17(26)10-8-16)21-15-27-22-6-4-3-5-19(21)22/h3-13,15,20,27H,14H2,1-2H3,(H2,28,29,30)/t20-/m0/s1. The number of nitrogens with one attached hydrogen (secondary N) is 3. The van der Waals surface area contributed by atoms with Crippen molar-refractivity contribution < 1.29 is 18.7 Å². The van der Waals surface area contributed by atoms with Gasteiger partial charge in [-0.2, -0.15) is 0 Å². The SMILES string of the molecule is COc1ccc(NC(=O)NC[C@@H](c2ccc(F)cc2)c2c[nH]c3ccccc23)c(OC)c1. The van der Waals surface area contributed by atoms with Crippen molar-refractivity contribution in [3.8, 4) is 11.5 Å². The lowest BCUT2D eigenvalue weighted by Gasteiger charge is -2.19. The smallest absolute Gasteiger partial charge is 0.319 e. The van der Waals surface area contributed by atoms with Gasteiger partial charge in [-0.25, -0.2) is 9.18 Å². The highest BCUT2D eigenvalue weighted by Gasteiger charge is 2.19. The summed E-state index contributed by atoms with van der Waals surface area (Å²) in [6.07, 6.45) is 1.94. The molecule has 0 aliphatic carbocycles. The van der Waals surface area contributed by atoms with Crippen molar-refractivity contribution in [2.24, 2.45) is 0 Å². The van der Waals surface area contributed by atoms with E-state index in [0.717, 1.165) is 22.0 Å². The second-order valence-corrected chi connectivity index (χ2v) is 7.29. The minimum Gasteiger partial charge on any atom is -0.497 e. The molecule has 1 heterocycles. The Morgan fingerprint density at radius 3 is 2.56 bits per heavy atom. The monoisotopic (exact) mass is 433 g/mol. The third-order valence-corrected chi connectivity index (χ3v) is 5.39. The Kier molecular flexibility index (Phi) is 6.26. The topological polar surface area (TPSA) is 75.4 Å². The highest BCUT2D eigenvalue weighted by atomic mass is 19.1. The molecule has 1 aromatic heterocycles. The van der Waals surface area contributed by atoms with Crippen molar-refractivity contribution in [2.45, 2.75) is 5.92 Å². The van der Waals surface area contributed by atoms with Crippen LogP contribution in [-0.2, 0) is 0 Å². The molecule has 3 N–H and O–H groups in total. The Hall–Kier alpha value is -4.00. The van der Waals surface area contributed by atoms with Crippen LogP contribution < -0.4 is 20.1 Å². The number of para-hydroxylation sites is 1. The van der Waals surface area contributed by atoms with E-state index in [0.29, 0.717) is 23.7 Å². The van der Waals surface area contributed by atoms with Gasteiger partial charge in [0.2, 0.25) is 0 Å². The van der Waals surface area contributed by atoms with Crippen LogP contribution >= 0.6 is 0 Å². The Morgan fingerprint density at radius 1 is 1.03 bits per heavy atom. The molecule has 7 heteroatoms. The summed E-state index contributed by atoms with van der Waals surface area (Å²) in [5.41, 5.74) is 3.45. The second kappa shape index (κ2) is 9.43. The van der Waals surface area contributed by atoms with Gasteiger partial charge in [-0.05, 0) is 41.5 Å². The van der Waals surface area contributed by atoms with Crippen LogP contribution in [0.15, 0.2) is 72.9 Å². The van der Waals surface area contributed by atoms with E-state index in [1.54, 1.807) is 37.4 Å². The van der Waals surface area contributed by atoms with E-state index < -0.39 is 0 Å². The minimum absolute atomic E-state index is 0.171. The number of halogens is 1. The number of aromatic amines is 1. The second-order valence-electron chi connectivity index (χ2n) is 7.29. The van der Waals surface area contributed by atoms with E-state index in [-0.39, 0.29) is 17.8 Å². The van der Waals surface area contributed by atoms with Crippen molar-refractivity contribution in [1.82, 2.24) is 10.3 Å². The molecule has 4 rings (SSSR count). The summed E-state index contributed by atoms with van der Waals surface area (Å²) in [4.78, 5) is 16.0. The van der Waals surface area contributed by atoms with Crippen LogP contribution in [-0.4, -0.2) is 31.8 Å². The van der Waals surface area contributed by atoms with Crippen molar-refractivity contribution in [3.05, 3.63) is 89.9 Å². The maximum Gasteiger partial charge on any atom is 0.319 e. The normalized spacial score (nSPS) is 11.7. The molecule has 0 saturated heterocycles. The first kappa shape index (κ1) is 21.2. The van der Waals surface area contributed by atoms with Gasteiger partial charge in [0.1, 0.15) is 17.3 Å². The quantitative estimate of drug-likeness (QED) is 0.371. The number of fused-ring (bicyclic) bond motifs is 1. The van der Waals surface area contributed by atoms with E-state index in [1.165, 1.54) is 19.2 Å². The first-order valence-corrected chi connectivity index (χ1v) is 10.2. The van der Waals surface area contributed by atoms with Crippen molar-refractivity contribution in [3.63, 3.8) is 0 Å². The largest absolute Gasteiger partial charge is 0.497 e. The maximum absolute atomic E-state index is 13.5. The van der Waals surface area contributed by atoms with E-state index in [2.05, 4.69) is 15.6 Å². The molecule has 2 amide bonds. The van der Waals surface area contributed by atoms with Gasteiger partial charge in [0.15, 0.2) is 0 Å². The van der Waals surface area contributed by atoms with Gasteiger partial charge in [-0.3, -0.25) is 0 Å². The Labute approximate surface area is 185 Å². The predicted molar refractivity (Wildman–Crippen MR) is 123 cm³/mol. The predicted octanol–water partition coefficient (Wildman–Crippen LogP) is 5.28. The summed E-state index contributed by atoms with van der Waals surface area (Å²) in [7, 11) is 3.09. The number of amides is 2. The highest BCUT2D eigenvalue weighted by Crippen LogP contribution is 2.31. The molecule has 0 fully saturated rings. The molecule has 3 aromatic carbocycles. The molecule has 4 aromatic rings. The van der Waals surface area contributed by atoms with Gasteiger partial charge >= 0.3 is 6.03 Å². The van der Waals surface area contributed by atoms with E-state index in [4.69, 9.17) is 9.47 Å². The van der Waals surface area contributed by atoms with E-state index in [1.807, 2.05) is 30.5 Å². The van der Waals surface area contributed by atoms with Gasteiger partial charge in [0.25, 0.3) is 0 Å². The van der Waals surface area contributed by atoms with Crippen molar-refractivity contribution in [1.29, 1.82) is 0 Å². The first-order valence-electron chi connectivity index (χ1n) is 10.2. The van der Waals surface area contributed by atoms with Gasteiger partial charge in [0.05, 0.1) is 19.9 Å². The summed E-state index contributed by atoms with van der Waals surface area (Å²) in [6, 6.07) is 19.1. The summed E-state index contributed by atoms with van der Waals surface area (Å²) in [6.45, 7) is 0.317. The highest BCUT2D eigenvalue weighted by molar-refractivity contribution is 5.91. The van der Waals surface area contributed by atoms with Crippen LogP contribution in [0, 0.1) is 5.82 Å². The number of rotatable bonds is 7. The number of carbonyl (C=O) groups excluding carboxylic acids is 1. The Bertz CT molecular complexity index is 1220. The molecule has 0 spiro atoms. The van der Waals surface area contributed by atoms with E-state index >= 15 is 0 Å². The molecule has 0 unspecified atom stereocenters. The molecular weight excluding hydrogens is 409 g/mol. The first-order chi connectivity index (χ1) is 15.6. The number of anilines is 1. The van der Waals surface area contributed by atoms with Crippen LogP contribution in [0.25, 0.3) is 10.9 Å². The van der Waals surface area contributed by atoms with Crippen LogP contribution in [0.5, 0.6) is 11.5 Å². The number of aromatic nitrogens is 1. The average Bonchev–Trinajstić information content (AvgIpc) is 3.24. The van der Waals surface area contributed by atoms with Gasteiger partial charge < -0.3 is 25.1 Å². The van der Waals surface area contributed by atoms with Gasteiger partial charge in [-0.15, -0.1) is 0 Å².